The molecule has 3 aromatic rings. The highest BCUT2D eigenvalue weighted by atomic mass is 16.5. The number of rotatable bonds is 8. The highest BCUT2D eigenvalue weighted by Crippen LogP contribution is 2.32. The van der Waals surface area contributed by atoms with Gasteiger partial charge in [-0.15, -0.1) is 0 Å². The van der Waals surface area contributed by atoms with Gasteiger partial charge in [-0.3, -0.25) is 4.79 Å². The molecule has 1 fully saturated rings. The van der Waals surface area contributed by atoms with Crippen LogP contribution in [0.3, 0.4) is 0 Å². The maximum atomic E-state index is 11.4. The molecule has 2 aromatic heterocycles. The summed E-state index contributed by atoms with van der Waals surface area (Å²) in [6.07, 6.45) is 5.60. The number of aromatic nitrogens is 3. The average Bonchev–Trinajstić information content (AvgIpc) is 3.46. The molecule has 7 nitrogen and oxygen atoms in total. The summed E-state index contributed by atoms with van der Waals surface area (Å²) in [5, 5.41) is 3.68. The zero-order valence-corrected chi connectivity index (χ0v) is 18.6. The van der Waals surface area contributed by atoms with Crippen molar-refractivity contribution in [3.05, 3.63) is 36.5 Å². The van der Waals surface area contributed by atoms with Crippen LogP contribution < -0.4 is 15.0 Å². The molecule has 1 aliphatic heterocycles. The fourth-order valence-electron chi connectivity index (χ4n) is 4.00. The Kier molecular flexibility index (Phi) is 6.39. The van der Waals surface area contributed by atoms with Gasteiger partial charge in [0.25, 0.3) is 0 Å². The molecule has 0 spiro atoms. The van der Waals surface area contributed by atoms with Crippen molar-refractivity contribution in [1.82, 2.24) is 19.9 Å². The molecular weight excluding hydrogens is 390 g/mol. The van der Waals surface area contributed by atoms with E-state index in [0.717, 1.165) is 47.1 Å². The van der Waals surface area contributed by atoms with Crippen molar-refractivity contribution in [3.63, 3.8) is 0 Å². The van der Waals surface area contributed by atoms with E-state index in [1.165, 1.54) is 12.8 Å². The SMILES string of the molecule is CNC(=O)CCCOc1cccc(-c2nc(N3CCCC3)nc3c2ccn3C(C)C)c1. The van der Waals surface area contributed by atoms with Gasteiger partial charge in [-0.2, -0.15) is 4.98 Å². The largest absolute Gasteiger partial charge is 0.494 e. The quantitative estimate of drug-likeness (QED) is 0.552. The molecule has 1 saturated heterocycles. The molecule has 1 aromatic carbocycles. The van der Waals surface area contributed by atoms with Gasteiger partial charge in [-0.1, -0.05) is 12.1 Å². The predicted molar refractivity (Wildman–Crippen MR) is 124 cm³/mol. The third-order valence-electron chi connectivity index (χ3n) is 5.71. The molecule has 0 bridgehead atoms. The van der Waals surface area contributed by atoms with Gasteiger partial charge < -0.3 is 19.5 Å². The van der Waals surface area contributed by atoms with E-state index in [9.17, 15) is 4.79 Å². The molecule has 1 N–H and O–H groups in total. The molecule has 0 atom stereocenters. The lowest BCUT2D eigenvalue weighted by Crippen LogP contribution is -2.21. The van der Waals surface area contributed by atoms with E-state index in [1.54, 1.807) is 7.05 Å². The Morgan fingerprint density at radius 3 is 2.74 bits per heavy atom. The molecule has 0 aliphatic carbocycles. The Balaban J connectivity index is 1.66. The Labute approximate surface area is 183 Å². The summed E-state index contributed by atoms with van der Waals surface area (Å²) in [5.41, 5.74) is 2.92. The van der Waals surface area contributed by atoms with Crippen LogP contribution in [0.25, 0.3) is 22.3 Å². The molecular formula is C24H31N5O2. The molecule has 1 amide bonds. The van der Waals surface area contributed by atoms with Crippen molar-refractivity contribution in [3.8, 4) is 17.0 Å². The molecule has 1 aliphatic rings. The van der Waals surface area contributed by atoms with Gasteiger partial charge in [0.15, 0.2) is 0 Å². The summed E-state index contributed by atoms with van der Waals surface area (Å²) in [6.45, 7) is 6.84. The molecule has 3 heterocycles. The van der Waals surface area contributed by atoms with Crippen molar-refractivity contribution in [2.45, 2.75) is 45.6 Å². The number of benzene rings is 1. The Hall–Kier alpha value is -3.09. The van der Waals surface area contributed by atoms with Gasteiger partial charge in [0.2, 0.25) is 11.9 Å². The third-order valence-corrected chi connectivity index (χ3v) is 5.71. The van der Waals surface area contributed by atoms with Crippen LogP contribution in [0.4, 0.5) is 5.95 Å². The van der Waals surface area contributed by atoms with Crippen LogP contribution in [0.2, 0.25) is 0 Å². The highest BCUT2D eigenvalue weighted by molar-refractivity contribution is 5.92. The second-order valence-corrected chi connectivity index (χ2v) is 8.27. The van der Waals surface area contributed by atoms with Crippen molar-refractivity contribution >= 4 is 22.9 Å². The minimum absolute atomic E-state index is 0.0323. The van der Waals surface area contributed by atoms with Gasteiger partial charge in [0.1, 0.15) is 11.4 Å². The number of fused-ring (bicyclic) bond motifs is 1. The summed E-state index contributed by atoms with van der Waals surface area (Å²) in [5.74, 6) is 1.62. The van der Waals surface area contributed by atoms with Crippen molar-refractivity contribution in [2.24, 2.45) is 0 Å². The smallest absolute Gasteiger partial charge is 0.227 e. The minimum Gasteiger partial charge on any atom is -0.494 e. The topological polar surface area (TPSA) is 72.3 Å². The molecule has 7 heteroatoms. The maximum absolute atomic E-state index is 11.4. The highest BCUT2D eigenvalue weighted by Gasteiger charge is 2.20. The van der Waals surface area contributed by atoms with Gasteiger partial charge in [0, 0.05) is 49.7 Å². The van der Waals surface area contributed by atoms with Crippen LogP contribution in [0.1, 0.15) is 45.6 Å². The number of hydrogen-bond donors (Lipinski definition) is 1. The monoisotopic (exact) mass is 421 g/mol. The van der Waals surface area contributed by atoms with Gasteiger partial charge >= 0.3 is 0 Å². The molecule has 0 unspecified atom stereocenters. The van der Waals surface area contributed by atoms with Crippen molar-refractivity contribution in [1.29, 1.82) is 0 Å². The van der Waals surface area contributed by atoms with Crippen LogP contribution in [-0.2, 0) is 4.79 Å². The summed E-state index contributed by atoms with van der Waals surface area (Å²) in [4.78, 5) is 23.6. The van der Waals surface area contributed by atoms with Crippen LogP contribution in [0.15, 0.2) is 36.5 Å². The predicted octanol–water partition coefficient (Wildman–Crippen LogP) is 4.18. The van der Waals surface area contributed by atoms with E-state index >= 15 is 0 Å². The molecule has 4 rings (SSSR count). The molecule has 0 radical (unpaired) electrons. The van der Waals surface area contributed by atoms with E-state index < -0.39 is 0 Å². The minimum atomic E-state index is 0.0323. The van der Waals surface area contributed by atoms with Crippen molar-refractivity contribution < 1.29 is 9.53 Å². The zero-order valence-electron chi connectivity index (χ0n) is 18.6. The normalized spacial score (nSPS) is 13.9. The van der Waals surface area contributed by atoms with E-state index in [2.05, 4.69) is 47.0 Å². The first-order valence-corrected chi connectivity index (χ1v) is 11.1. The lowest BCUT2D eigenvalue weighted by molar-refractivity contribution is -0.120. The number of nitrogens with zero attached hydrogens (tertiary/aromatic N) is 4. The van der Waals surface area contributed by atoms with E-state index in [-0.39, 0.29) is 5.91 Å². The van der Waals surface area contributed by atoms with Gasteiger partial charge in [-0.25, -0.2) is 4.98 Å². The summed E-state index contributed by atoms with van der Waals surface area (Å²) in [7, 11) is 1.65. The lowest BCUT2D eigenvalue weighted by Gasteiger charge is -2.18. The zero-order chi connectivity index (χ0) is 21.8. The first-order chi connectivity index (χ1) is 15.1. The second kappa shape index (κ2) is 9.37. The first-order valence-electron chi connectivity index (χ1n) is 11.1. The lowest BCUT2D eigenvalue weighted by atomic mass is 10.1. The van der Waals surface area contributed by atoms with E-state index in [1.807, 2.05) is 18.2 Å². The van der Waals surface area contributed by atoms with Crippen LogP contribution in [-0.4, -0.2) is 47.2 Å². The fraction of sp³-hybridized carbons (Fsp3) is 0.458. The van der Waals surface area contributed by atoms with Gasteiger partial charge in [-0.05, 0) is 51.3 Å². The number of hydrogen-bond acceptors (Lipinski definition) is 5. The van der Waals surface area contributed by atoms with Crippen LogP contribution >= 0.6 is 0 Å². The average molecular weight is 422 g/mol. The number of carbonyl (C=O) groups excluding carboxylic acids is 1. The summed E-state index contributed by atoms with van der Waals surface area (Å²) in [6, 6.07) is 10.5. The van der Waals surface area contributed by atoms with E-state index in [0.29, 0.717) is 25.5 Å². The Morgan fingerprint density at radius 1 is 1.19 bits per heavy atom. The number of ether oxygens (including phenoxy) is 1. The summed E-state index contributed by atoms with van der Waals surface area (Å²) < 4.78 is 8.12. The van der Waals surface area contributed by atoms with Crippen LogP contribution in [0.5, 0.6) is 5.75 Å². The first kappa shape index (κ1) is 21.2. The molecule has 0 saturated carbocycles. The Bertz CT molecular complexity index is 1050. The van der Waals surface area contributed by atoms with E-state index in [4.69, 9.17) is 14.7 Å². The number of anilines is 1. The number of carbonyl (C=O) groups is 1. The maximum Gasteiger partial charge on any atom is 0.227 e. The molecule has 164 valence electrons. The third kappa shape index (κ3) is 4.65. The fourth-order valence-corrected chi connectivity index (χ4v) is 4.00. The van der Waals surface area contributed by atoms with Gasteiger partial charge in [0.05, 0.1) is 12.3 Å². The number of nitrogens with one attached hydrogen (secondary N) is 1. The standard InChI is InChI=1S/C24H31N5O2/c1-17(2)29-14-11-20-22(26-24(27-23(20)29)28-12-4-5-13-28)18-8-6-9-19(16-18)31-15-7-10-21(30)25-3/h6,8-9,11,14,16-17H,4-5,7,10,12-13,15H2,1-3H3,(H,25,30). The van der Waals surface area contributed by atoms with Crippen LogP contribution in [0, 0.1) is 0 Å². The Morgan fingerprint density at radius 2 is 2.00 bits per heavy atom. The summed E-state index contributed by atoms with van der Waals surface area (Å²) >= 11 is 0. The van der Waals surface area contributed by atoms with Crippen molar-refractivity contribution in [2.75, 3.05) is 31.6 Å². The molecule has 31 heavy (non-hydrogen) atoms. The second-order valence-electron chi connectivity index (χ2n) is 8.27. The number of amides is 1.